The molecule has 0 bridgehead atoms. The Morgan fingerprint density at radius 1 is 0.897 bits per heavy atom. The summed E-state index contributed by atoms with van der Waals surface area (Å²) in [6.07, 6.45) is 0. The minimum atomic E-state index is -4.02. The normalized spacial score (nSPS) is 14.4. The van der Waals surface area contributed by atoms with E-state index in [2.05, 4.69) is 9.88 Å². The van der Waals surface area contributed by atoms with Crippen molar-refractivity contribution in [3.8, 4) is 0 Å². The lowest BCUT2D eigenvalue weighted by Gasteiger charge is -2.36. The van der Waals surface area contributed by atoms with E-state index in [1.165, 1.54) is 19.1 Å². The van der Waals surface area contributed by atoms with Gasteiger partial charge in [-0.05, 0) is 38.1 Å². The number of anilines is 1. The van der Waals surface area contributed by atoms with Crippen molar-refractivity contribution in [2.45, 2.75) is 25.3 Å². The number of hydrogen-bond donors (Lipinski definition) is 2. The third kappa shape index (κ3) is 6.52. The van der Waals surface area contributed by atoms with Crippen LogP contribution >= 0.6 is 0 Å². The van der Waals surface area contributed by atoms with Gasteiger partial charge >= 0.3 is 5.69 Å². The van der Waals surface area contributed by atoms with E-state index in [9.17, 15) is 26.4 Å². The van der Waals surface area contributed by atoms with Crippen molar-refractivity contribution in [1.29, 1.82) is 0 Å². The van der Waals surface area contributed by atoms with Gasteiger partial charge in [0.05, 0.1) is 21.6 Å². The summed E-state index contributed by atoms with van der Waals surface area (Å²) in [7, 11) is -4.02. The van der Waals surface area contributed by atoms with Crippen LogP contribution in [0.25, 0.3) is 11.0 Å². The molecule has 0 unspecified atom stereocenters. The Morgan fingerprint density at radius 2 is 1.54 bits per heavy atom. The lowest BCUT2D eigenvalue weighted by atomic mass is 10.1. The number of aryl methyl sites for hydroxylation is 1. The SMILES string of the molecule is Cc1c(F)c(F)cc(N2CCN(CCn3c(=O)[nH]c4ccccc43)CC2)c1F.Cc1ccc(S(=O)(=O)O)cc1. The second kappa shape index (κ2) is 11.6. The number of nitrogens with zero attached hydrogens (tertiary/aromatic N) is 3. The highest BCUT2D eigenvalue weighted by Crippen LogP contribution is 2.27. The molecular weight excluding hydrogens is 533 g/mol. The molecule has 208 valence electrons. The number of H-pyrrole nitrogens is 1. The molecule has 1 saturated heterocycles. The average molecular weight is 563 g/mol. The summed E-state index contributed by atoms with van der Waals surface area (Å²) in [6.45, 7) is 6.61. The molecule has 39 heavy (non-hydrogen) atoms. The highest BCUT2D eigenvalue weighted by molar-refractivity contribution is 7.85. The molecule has 4 aromatic rings. The number of aromatic amines is 1. The minimum Gasteiger partial charge on any atom is -0.367 e. The predicted octanol–water partition coefficient (Wildman–Crippen LogP) is 4.12. The maximum absolute atomic E-state index is 14.3. The van der Waals surface area contributed by atoms with Crippen LogP contribution in [0.5, 0.6) is 0 Å². The van der Waals surface area contributed by atoms with Gasteiger partial charge in [-0.1, -0.05) is 29.8 Å². The highest BCUT2D eigenvalue weighted by Gasteiger charge is 2.23. The molecular formula is C27H29F3N4O4S. The summed E-state index contributed by atoms with van der Waals surface area (Å²) in [5.41, 5.74) is 2.29. The van der Waals surface area contributed by atoms with Crippen LogP contribution in [0.15, 0.2) is 64.3 Å². The number of imidazole rings is 1. The van der Waals surface area contributed by atoms with Crippen LogP contribution in [0.1, 0.15) is 11.1 Å². The smallest absolute Gasteiger partial charge is 0.326 e. The number of nitrogens with one attached hydrogen (secondary N) is 1. The summed E-state index contributed by atoms with van der Waals surface area (Å²) in [5, 5.41) is 0. The molecule has 0 spiro atoms. The van der Waals surface area contributed by atoms with Crippen LogP contribution < -0.4 is 10.6 Å². The lowest BCUT2D eigenvalue weighted by Crippen LogP contribution is -2.47. The van der Waals surface area contributed by atoms with Crippen molar-refractivity contribution in [2.75, 3.05) is 37.6 Å². The molecule has 12 heteroatoms. The van der Waals surface area contributed by atoms with Gasteiger partial charge in [-0.25, -0.2) is 18.0 Å². The van der Waals surface area contributed by atoms with E-state index in [1.54, 1.807) is 21.6 Å². The average Bonchev–Trinajstić information content (AvgIpc) is 3.23. The lowest BCUT2D eigenvalue weighted by molar-refractivity contribution is 0.247. The van der Waals surface area contributed by atoms with Gasteiger partial charge < -0.3 is 9.88 Å². The molecule has 1 aromatic heterocycles. The zero-order valence-electron chi connectivity index (χ0n) is 21.5. The molecule has 5 rings (SSSR count). The topological polar surface area (TPSA) is 98.6 Å². The molecule has 2 N–H and O–H groups in total. The largest absolute Gasteiger partial charge is 0.367 e. The van der Waals surface area contributed by atoms with E-state index < -0.39 is 27.6 Å². The molecule has 0 aliphatic carbocycles. The van der Waals surface area contributed by atoms with Crippen LogP contribution in [0, 0.1) is 31.3 Å². The fourth-order valence-corrected chi connectivity index (χ4v) is 4.92. The Hall–Kier alpha value is -3.61. The van der Waals surface area contributed by atoms with E-state index in [4.69, 9.17) is 4.55 Å². The Balaban J connectivity index is 0.000000270. The monoisotopic (exact) mass is 562 g/mol. The molecule has 1 aliphatic heterocycles. The first kappa shape index (κ1) is 28.4. The summed E-state index contributed by atoms with van der Waals surface area (Å²) >= 11 is 0. The van der Waals surface area contributed by atoms with E-state index >= 15 is 0 Å². The number of halogens is 3. The van der Waals surface area contributed by atoms with Crippen LogP contribution in [-0.2, 0) is 16.7 Å². The molecule has 1 fully saturated rings. The first-order valence-electron chi connectivity index (χ1n) is 12.3. The van der Waals surface area contributed by atoms with Crippen molar-refractivity contribution in [2.24, 2.45) is 0 Å². The Bertz CT molecular complexity index is 1630. The van der Waals surface area contributed by atoms with Gasteiger partial charge in [-0.2, -0.15) is 8.42 Å². The fraction of sp³-hybridized carbons (Fsp3) is 0.296. The van der Waals surface area contributed by atoms with Gasteiger partial charge in [-0.3, -0.25) is 14.0 Å². The minimum absolute atomic E-state index is 0.0666. The highest BCUT2D eigenvalue weighted by atomic mass is 32.2. The van der Waals surface area contributed by atoms with Crippen molar-refractivity contribution < 1.29 is 26.1 Å². The molecule has 3 aromatic carbocycles. The summed E-state index contributed by atoms with van der Waals surface area (Å²) in [4.78, 5) is 18.8. The maximum atomic E-state index is 14.3. The molecule has 0 atom stereocenters. The van der Waals surface area contributed by atoms with Crippen LogP contribution in [0.4, 0.5) is 18.9 Å². The zero-order chi connectivity index (χ0) is 28.3. The Kier molecular flexibility index (Phi) is 8.48. The molecule has 0 amide bonds. The van der Waals surface area contributed by atoms with Crippen molar-refractivity contribution in [3.63, 3.8) is 0 Å². The van der Waals surface area contributed by atoms with Crippen molar-refractivity contribution in [3.05, 3.63) is 93.7 Å². The number of fused-ring (bicyclic) bond motifs is 1. The van der Waals surface area contributed by atoms with Crippen LogP contribution in [-0.4, -0.2) is 60.1 Å². The number of para-hydroxylation sites is 2. The Morgan fingerprint density at radius 3 is 2.18 bits per heavy atom. The first-order valence-corrected chi connectivity index (χ1v) is 13.7. The molecule has 8 nitrogen and oxygen atoms in total. The van der Waals surface area contributed by atoms with E-state index in [0.717, 1.165) is 22.7 Å². The summed E-state index contributed by atoms with van der Waals surface area (Å²) < 4.78 is 72.8. The van der Waals surface area contributed by atoms with Crippen LogP contribution in [0.2, 0.25) is 0 Å². The van der Waals surface area contributed by atoms with Gasteiger partial charge in [0.1, 0.15) is 0 Å². The molecule has 0 saturated carbocycles. The van der Waals surface area contributed by atoms with Gasteiger partial charge in [0.15, 0.2) is 17.5 Å². The maximum Gasteiger partial charge on any atom is 0.326 e. The quantitative estimate of drug-likeness (QED) is 0.281. The van der Waals surface area contributed by atoms with Crippen LogP contribution in [0.3, 0.4) is 0 Å². The van der Waals surface area contributed by atoms with Gasteiger partial charge in [0.25, 0.3) is 10.1 Å². The third-order valence-corrected chi connectivity index (χ3v) is 7.58. The Labute approximate surface area is 224 Å². The number of aromatic nitrogens is 2. The van der Waals surface area contributed by atoms with E-state index in [0.29, 0.717) is 39.3 Å². The third-order valence-electron chi connectivity index (χ3n) is 6.71. The van der Waals surface area contributed by atoms with Crippen molar-refractivity contribution >= 4 is 26.8 Å². The second-order valence-corrected chi connectivity index (χ2v) is 10.8. The fourth-order valence-electron chi connectivity index (χ4n) is 4.44. The van der Waals surface area contributed by atoms with Gasteiger partial charge in [0.2, 0.25) is 0 Å². The summed E-state index contributed by atoms with van der Waals surface area (Å²) in [6, 6.07) is 14.5. The van der Waals surface area contributed by atoms with E-state index in [1.807, 2.05) is 31.2 Å². The standard InChI is InChI=1S/C20H21F3N4O.C7H8O3S/c1-13-18(22)14(21)12-17(19(13)23)26-9-6-25(7-10-26)8-11-27-16-5-3-2-4-15(16)24-20(27)28;1-6-2-4-7(5-3-6)11(8,9)10/h2-5,12H,6-11H2,1H3,(H,24,28);2-5H,1H3,(H,8,9,10). The predicted molar refractivity (Wildman–Crippen MR) is 143 cm³/mol. The zero-order valence-corrected chi connectivity index (χ0v) is 22.3. The van der Waals surface area contributed by atoms with E-state index in [-0.39, 0.29) is 21.8 Å². The number of benzene rings is 3. The molecule has 2 heterocycles. The first-order chi connectivity index (χ1) is 18.5. The number of hydrogen-bond acceptors (Lipinski definition) is 5. The van der Waals surface area contributed by atoms with Gasteiger partial charge in [-0.15, -0.1) is 0 Å². The molecule has 0 radical (unpaired) electrons. The molecule has 1 aliphatic rings. The summed E-state index contributed by atoms with van der Waals surface area (Å²) in [5.74, 6) is -2.88. The number of rotatable bonds is 5. The second-order valence-electron chi connectivity index (χ2n) is 9.35. The number of piperazine rings is 1. The van der Waals surface area contributed by atoms with Gasteiger partial charge in [0, 0.05) is 50.9 Å². The van der Waals surface area contributed by atoms with Crippen molar-refractivity contribution in [1.82, 2.24) is 14.5 Å².